The van der Waals surface area contributed by atoms with Gasteiger partial charge in [0.25, 0.3) is 0 Å². The third-order valence-corrected chi connectivity index (χ3v) is 2.52. The Morgan fingerprint density at radius 3 is 2.92 bits per heavy atom. The van der Waals surface area contributed by atoms with E-state index in [0.717, 1.165) is 25.3 Å². The highest BCUT2D eigenvalue weighted by atomic mass is 16.6. The highest BCUT2D eigenvalue weighted by Crippen LogP contribution is 2.30. The van der Waals surface area contributed by atoms with E-state index in [1.807, 2.05) is 0 Å². The molecule has 1 N–H and O–H groups in total. The maximum atomic E-state index is 10.9. The standard InChI is InChI=1S/C10H16O3/c1-3-9(11)13-8-6-4-5-7-10(8,2)12/h3,8,12H,1,4-7H2,2H3. The molecular formula is C10H16O3. The quantitative estimate of drug-likeness (QED) is 0.521. The van der Waals surface area contributed by atoms with Gasteiger partial charge in [0.2, 0.25) is 0 Å². The Morgan fingerprint density at radius 2 is 2.38 bits per heavy atom. The second-order valence-corrected chi connectivity index (χ2v) is 3.73. The maximum absolute atomic E-state index is 10.9. The van der Waals surface area contributed by atoms with E-state index in [1.165, 1.54) is 0 Å². The number of carbonyl (C=O) groups is 1. The molecule has 1 rings (SSSR count). The predicted octanol–water partition coefficient (Wildman–Crippen LogP) is 1.41. The van der Waals surface area contributed by atoms with Crippen molar-refractivity contribution in [1.29, 1.82) is 0 Å². The van der Waals surface area contributed by atoms with Crippen molar-refractivity contribution >= 4 is 5.97 Å². The van der Waals surface area contributed by atoms with Gasteiger partial charge in [0, 0.05) is 6.08 Å². The first kappa shape index (κ1) is 10.3. The molecule has 74 valence electrons. The fourth-order valence-electron chi connectivity index (χ4n) is 1.66. The molecule has 0 aromatic rings. The van der Waals surface area contributed by atoms with Crippen LogP contribution in [0.1, 0.15) is 32.6 Å². The summed E-state index contributed by atoms with van der Waals surface area (Å²) in [7, 11) is 0. The summed E-state index contributed by atoms with van der Waals surface area (Å²) in [6, 6.07) is 0. The highest BCUT2D eigenvalue weighted by molar-refractivity contribution is 5.81. The first-order valence-electron chi connectivity index (χ1n) is 4.61. The Morgan fingerprint density at radius 1 is 1.69 bits per heavy atom. The van der Waals surface area contributed by atoms with E-state index in [1.54, 1.807) is 6.92 Å². The Labute approximate surface area is 78.4 Å². The molecule has 1 aliphatic rings. The van der Waals surface area contributed by atoms with Gasteiger partial charge in [-0.25, -0.2) is 4.79 Å². The SMILES string of the molecule is C=CC(=O)OC1CCCCC1(C)O. The van der Waals surface area contributed by atoms with Crippen LogP contribution in [0.15, 0.2) is 12.7 Å². The van der Waals surface area contributed by atoms with Gasteiger partial charge in [-0.3, -0.25) is 0 Å². The Kier molecular flexibility index (Phi) is 3.09. The van der Waals surface area contributed by atoms with Crippen molar-refractivity contribution < 1.29 is 14.6 Å². The number of rotatable bonds is 2. The second kappa shape index (κ2) is 3.92. The third kappa shape index (κ3) is 2.56. The van der Waals surface area contributed by atoms with Gasteiger partial charge in [0.1, 0.15) is 6.10 Å². The molecule has 1 fully saturated rings. The molecule has 1 aliphatic carbocycles. The fourth-order valence-corrected chi connectivity index (χ4v) is 1.66. The third-order valence-electron chi connectivity index (χ3n) is 2.52. The fraction of sp³-hybridized carbons (Fsp3) is 0.700. The molecule has 3 nitrogen and oxygen atoms in total. The van der Waals surface area contributed by atoms with Crippen molar-refractivity contribution in [3.05, 3.63) is 12.7 Å². The molecular weight excluding hydrogens is 168 g/mol. The predicted molar refractivity (Wildman–Crippen MR) is 49.2 cm³/mol. The maximum Gasteiger partial charge on any atom is 0.330 e. The van der Waals surface area contributed by atoms with Crippen LogP contribution in [-0.4, -0.2) is 22.8 Å². The highest BCUT2D eigenvalue weighted by Gasteiger charge is 2.36. The van der Waals surface area contributed by atoms with Crippen LogP contribution in [0.5, 0.6) is 0 Å². The van der Waals surface area contributed by atoms with Crippen LogP contribution < -0.4 is 0 Å². The van der Waals surface area contributed by atoms with Crippen molar-refractivity contribution in [1.82, 2.24) is 0 Å². The molecule has 0 radical (unpaired) electrons. The van der Waals surface area contributed by atoms with Gasteiger partial charge in [-0.1, -0.05) is 13.0 Å². The average Bonchev–Trinajstić information content (AvgIpc) is 2.08. The van der Waals surface area contributed by atoms with Crippen LogP contribution >= 0.6 is 0 Å². The molecule has 3 heteroatoms. The van der Waals surface area contributed by atoms with E-state index >= 15 is 0 Å². The summed E-state index contributed by atoms with van der Waals surface area (Å²) in [6.45, 7) is 5.03. The topological polar surface area (TPSA) is 46.5 Å². The summed E-state index contributed by atoms with van der Waals surface area (Å²) < 4.78 is 5.05. The second-order valence-electron chi connectivity index (χ2n) is 3.73. The van der Waals surface area contributed by atoms with E-state index in [2.05, 4.69) is 6.58 Å². The molecule has 0 amide bonds. The number of ether oxygens (including phenoxy) is 1. The van der Waals surface area contributed by atoms with E-state index in [4.69, 9.17) is 4.74 Å². The number of esters is 1. The molecule has 0 saturated heterocycles. The van der Waals surface area contributed by atoms with Crippen molar-refractivity contribution in [3.8, 4) is 0 Å². The normalized spacial score (nSPS) is 33.8. The summed E-state index contributed by atoms with van der Waals surface area (Å²) in [5.74, 6) is -0.452. The minimum atomic E-state index is -0.864. The smallest absolute Gasteiger partial charge is 0.330 e. The van der Waals surface area contributed by atoms with Crippen LogP contribution in [0.2, 0.25) is 0 Å². The van der Waals surface area contributed by atoms with Gasteiger partial charge in [-0.05, 0) is 26.2 Å². The molecule has 0 heterocycles. The summed E-state index contributed by atoms with van der Waals surface area (Å²) >= 11 is 0. The molecule has 0 bridgehead atoms. The average molecular weight is 184 g/mol. The lowest BCUT2D eigenvalue weighted by Gasteiger charge is -2.35. The van der Waals surface area contributed by atoms with Crippen LogP contribution in [-0.2, 0) is 9.53 Å². The van der Waals surface area contributed by atoms with Crippen molar-refractivity contribution in [2.45, 2.75) is 44.3 Å². The van der Waals surface area contributed by atoms with Gasteiger partial charge in [-0.2, -0.15) is 0 Å². The molecule has 0 aliphatic heterocycles. The molecule has 0 aromatic carbocycles. The summed E-state index contributed by atoms with van der Waals surface area (Å²) in [5.41, 5.74) is -0.864. The minimum Gasteiger partial charge on any atom is -0.456 e. The first-order chi connectivity index (χ1) is 6.06. The van der Waals surface area contributed by atoms with E-state index in [-0.39, 0.29) is 6.10 Å². The lowest BCUT2D eigenvalue weighted by atomic mass is 9.84. The Balaban J connectivity index is 2.55. The molecule has 0 aromatic heterocycles. The first-order valence-corrected chi connectivity index (χ1v) is 4.61. The molecule has 2 atom stereocenters. The monoisotopic (exact) mass is 184 g/mol. The van der Waals surface area contributed by atoms with Gasteiger partial charge in [-0.15, -0.1) is 0 Å². The number of hydrogen-bond donors (Lipinski definition) is 1. The minimum absolute atomic E-state index is 0.369. The van der Waals surface area contributed by atoms with Crippen LogP contribution in [0, 0.1) is 0 Å². The zero-order chi connectivity index (χ0) is 9.90. The van der Waals surface area contributed by atoms with E-state index in [0.29, 0.717) is 6.42 Å². The van der Waals surface area contributed by atoms with Gasteiger partial charge in [0.05, 0.1) is 5.60 Å². The van der Waals surface area contributed by atoms with Crippen LogP contribution in [0.3, 0.4) is 0 Å². The number of hydrogen-bond acceptors (Lipinski definition) is 3. The largest absolute Gasteiger partial charge is 0.456 e. The summed E-state index contributed by atoms with van der Waals surface area (Å²) in [5, 5.41) is 9.87. The van der Waals surface area contributed by atoms with E-state index in [9.17, 15) is 9.90 Å². The Hall–Kier alpha value is -0.830. The summed E-state index contributed by atoms with van der Waals surface area (Å²) in [4.78, 5) is 10.9. The van der Waals surface area contributed by atoms with E-state index < -0.39 is 11.6 Å². The number of carbonyl (C=O) groups excluding carboxylic acids is 1. The van der Waals surface area contributed by atoms with Crippen molar-refractivity contribution in [3.63, 3.8) is 0 Å². The molecule has 2 unspecified atom stereocenters. The Bertz CT molecular complexity index is 208. The number of aliphatic hydroxyl groups is 1. The van der Waals surface area contributed by atoms with Crippen LogP contribution in [0.4, 0.5) is 0 Å². The summed E-state index contributed by atoms with van der Waals surface area (Å²) in [6.07, 6.45) is 4.20. The van der Waals surface area contributed by atoms with Gasteiger partial charge >= 0.3 is 5.97 Å². The molecule has 1 saturated carbocycles. The zero-order valence-electron chi connectivity index (χ0n) is 7.95. The lowest BCUT2D eigenvalue weighted by Crippen LogP contribution is -2.44. The van der Waals surface area contributed by atoms with Gasteiger partial charge in [0.15, 0.2) is 0 Å². The van der Waals surface area contributed by atoms with Crippen LogP contribution in [0.25, 0.3) is 0 Å². The zero-order valence-corrected chi connectivity index (χ0v) is 7.95. The van der Waals surface area contributed by atoms with Crippen molar-refractivity contribution in [2.24, 2.45) is 0 Å². The molecule has 0 spiro atoms. The van der Waals surface area contributed by atoms with Crippen molar-refractivity contribution in [2.75, 3.05) is 0 Å². The lowest BCUT2D eigenvalue weighted by molar-refractivity contribution is -0.163. The van der Waals surface area contributed by atoms with Gasteiger partial charge < -0.3 is 9.84 Å². The molecule has 13 heavy (non-hydrogen) atoms.